The second-order valence-electron chi connectivity index (χ2n) is 2.98. The van der Waals surface area contributed by atoms with Crippen molar-refractivity contribution in [3.63, 3.8) is 0 Å². The third kappa shape index (κ3) is 1.52. The number of fused-ring (bicyclic) bond motifs is 1. The van der Waals surface area contributed by atoms with Crippen LogP contribution >= 0.6 is 0 Å². The number of nitrogens with two attached hydrogens (primary N) is 1. The van der Waals surface area contributed by atoms with Crippen LogP contribution < -0.4 is 11.1 Å². The van der Waals surface area contributed by atoms with Crippen LogP contribution in [0, 0.1) is 5.41 Å². The summed E-state index contributed by atoms with van der Waals surface area (Å²) >= 11 is 0. The molecule has 0 spiro atoms. The van der Waals surface area contributed by atoms with E-state index >= 15 is 0 Å². The van der Waals surface area contributed by atoms with Crippen LogP contribution in [-0.4, -0.2) is 15.9 Å². The minimum absolute atomic E-state index is 0.0248. The Bertz CT molecular complexity index is 459. The summed E-state index contributed by atoms with van der Waals surface area (Å²) in [6.07, 6.45) is 3.61. The monoisotopic (exact) mass is 189 g/mol. The van der Waals surface area contributed by atoms with E-state index in [2.05, 4.69) is 15.3 Å². The number of aromatic nitrogens is 2. The minimum Gasteiger partial charge on any atom is -0.370 e. The van der Waals surface area contributed by atoms with E-state index in [0.717, 1.165) is 16.6 Å². The highest BCUT2D eigenvalue weighted by Gasteiger charge is 2.02. The van der Waals surface area contributed by atoms with Crippen molar-refractivity contribution in [3.8, 4) is 0 Å². The molecule has 5 N–H and O–H groups in total. The fourth-order valence-corrected chi connectivity index (χ4v) is 1.35. The van der Waals surface area contributed by atoms with E-state index in [9.17, 15) is 0 Å². The molecule has 0 aliphatic heterocycles. The molecule has 5 nitrogen and oxygen atoms in total. The maximum absolute atomic E-state index is 7.05. The number of aromatic amines is 1. The second kappa shape index (κ2) is 3.37. The number of hydrogen-bond donors (Lipinski definition) is 4. The van der Waals surface area contributed by atoms with Gasteiger partial charge in [0.25, 0.3) is 0 Å². The molecule has 72 valence electrons. The number of pyridine rings is 1. The van der Waals surface area contributed by atoms with Crippen LogP contribution in [0.15, 0.2) is 24.5 Å². The molecule has 0 unspecified atom stereocenters. The van der Waals surface area contributed by atoms with E-state index in [1.165, 1.54) is 0 Å². The van der Waals surface area contributed by atoms with Crippen molar-refractivity contribution in [1.29, 1.82) is 5.41 Å². The zero-order chi connectivity index (χ0) is 9.97. The van der Waals surface area contributed by atoms with Crippen LogP contribution in [0.25, 0.3) is 11.0 Å². The number of nitrogens with one attached hydrogen (secondary N) is 3. The zero-order valence-corrected chi connectivity index (χ0v) is 7.54. The van der Waals surface area contributed by atoms with Gasteiger partial charge in [0.15, 0.2) is 5.96 Å². The Morgan fingerprint density at radius 3 is 3.29 bits per heavy atom. The number of nitrogens with zero attached hydrogens (tertiary/aromatic N) is 1. The van der Waals surface area contributed by atoms with Gasteiger partial charge in [0, 0.05) is 24.3 Å². The number of hydrogen-bond acceptors (Lipinski definition) is 2. The van der Waals surface area contributed by atoms with Crippen LogP contribution in [0.1, 0.15) is 5.56 Å². The molecule has 0 radical (unpaired) electrons. The molecule has 0 bridgehead atoms. The first-order chi connectivity index (χ1) is 6.77. The van der Waals surface area contributed by atoms with E-state index in [1.807, 2.05) is 18.3 Å². The SMILES string of the molecule is N=C(N)NCc1c[nH]c2ncccc12. The highest BCUT2D eigenvalue weighted by molar-refractivity contribution is 5.80. The molecule has 0 saturated carbocycles. The molecular weight excluding hydrogens is 178 g/mol. The summed E-state index contributed by atoms with van der Waals surface area (Å²) in [6.45, 7) is 0.543. The fourth-order valence-electron chi connectivity index (χ4n) is 1.35. The molecule has 0 fully saturated rings. The lowest BCUT2D eigenvalue weighted by Crippen LogP contribution is -2.29. The fraction of sp³-hybridized carbons (Fsp3) is 0.111. The number of rotatable bonds is 2. The maximum Gasteiger partial charge on any atom is 0.185 e. The molecule has 5 heteroatoms. The summed E-state index contributed by atoms with van der Waals surface area (Å²) in [5.74, 6) is -0.0248. The summed E-state index contributed by atoms with van der Waals surface area (Å²) in [7, 11) is 0. The minimum atomic E-state index is -0.0248. The Hall–Kier alpha value is -2.04. The van der Waals surface area contributed by atoms with Gasteiger partial charge in [-0.25, -0.2) is 4.98 Å². The first-order valence-corrected chi connectivity index (χ1v) is 4.26. The highest BCUT2D eigenvalue weighted by Crippen LogP contribution is 2.14. The van der Waals surface area contributed by atoms with E-state index in [4.69, 9.17) is 11.1 Å². The van der Waals surface area contributed by atoms with Crippen molar-refractivity contribution in [2.75, 3.05) is 0 Å². The van der Waals surface area contributed by atoms with Crippen molar-refractivity contribution in [1.82, 2.24) is 15.3 Å². The lowest BCUT2D eigenvalue weighted by atomic mass is 10.2. The average molecular weight is 189 g/mol. The molecule has 0 aliphatic rings. The summed E-state index contributed by atoms with van der Waals surface area (Å²) in [5.41, 5.74) is 7.11. The van der Waals surface area contributed by atoms with Crippen LogP contribution in [0.4, 0.5) is 0 Å². The van der Waals surface area contributed by atoms with Crippen molar-refractivity contribution < 1.29 is 0 Å². The Kier molecular flexibility index (Phi) is 2.06. The molecule has 0 aromatic carbocycles. The second-order valence-corrected chi connectivity index (χ2v) is 2.98. The standard InChI is InChI=1S/C9H11N5/c10-9(11)14-5-6-4-13-8-7(6)2-1-3-12-8/h1-4H,5H2,(H,12,13)(H4,10,11,14). The molecule has 0 amide bonds. The molecule has 2 aromatic heterocycles. The van der Waals surface area contributed by atoms with Gasteiger partial charge in [0.1, 0.15) is 5.65 Å². The predicted octanol–water partition coefficient (Wildman–Crippen LogP) is 0.546. The van der Waals surface area contributed by atoms with Gasteiger partial charge in [-0.15, -0.1) is 0 Å². The molecule has 2 rings (SSSR count). The van der Waals surface area contributed by atoms with Crippen molar-refractivity contribution in [2.45, 2.75) is 6.54 Å². The lowest BCUT2D eigenvalue weighted by Gasteiger charge is -2.01. The number of H-pyrrole nitrogens is 1. The van der Waals surface area contributed by atoms with Gasteiger partial charge < -0.3 is 16.0 Å². The van der Waals surface area contributed by atoms with Crippen LogP contribution in [0.2, 0.25) is 0 Å². The van der Waals surface area contributed by atoms with Crippen molar-refractivity contribution in [3.05, 3.63) is 30.1 Å². The molecule has 0 aliphatic carbocycles. The van der Waals surface area contributed by atoms with Gasteiger partial charge in [0.05, 0.1) is 0 Å². The van der Waals surface area contributed by atoms with Gasteiger partial charge in [-0.3, -0.25) is 5.41 Å². The molecule has 2 heterocycles. The first-order valence-electron chi connectivity index (χ1n) is 4.26. The van der Waals surface area contributed by atoms with Gasteiger partial charge >= 0.3 is 0 Å². The summed E-state index contributed by atoms with van der Waals surface area (Å²) in [4.78, 5) is 7.21. The summed E-state index contributed by atoms with van der Waals surface area (Å²) in [6, 6.07) is 3.86. The molecular formula is C9H11N5. The lowest BCUT2D eigenvalue weighted by molar-refractivity contribution is 0.903. The van der Waals surface area contributed by atoms with Crippen LogP contribution in [-0.2, 0) is 6.54 Å². The van der Waals surface area contributed by atoms with Gasteiger partial charge in [-0.05, 0) is 17.7 Å². The van der Waals surface area contributed by atoms with Crippen LogP contribution in [0.3, 0.4) is 0 Å². The Balaban J connectivity index is 2.29. The largest absolute Gasteiger partial charge is 0.370 e. The highest BCUT2D eigenvalue weighted by atomic mass is 15.0. The predicted molar refractivity (Wildman–Crippen MR) is 54.8 cm³/mol. The Morgan fingerprint density at radius 1 is 1.64 bits per heavy atom. The zero-order valence-electron chi connectivity index (χ0n) is 7.54. The topological polar surface area (TPSA) is 90.6 Å². The number of guanidine groups is 1. The Morgan fingerprint density at radius 2 is 2.50 bits per heavy atom. The Labute approximate surface area is 80.8 Å². The van der Waals surface area contributed by atoms with E-state index in [0.29, 0.717) is 6.54 Å². The van der Waals surface area contributed by atoms with Gasteiger partial charge in [-0.1, -0.05) is 0 Å². The van der Waals surface area contributed by atoms with Crippen LogP contribution in [0.5, 0.6) is 0 Å². The normalized spacial score (nSPS) is 10.3. The van der Waals surface area contributed by atoms with E-state index in [1.54, 1.807) is 6.20 Å². The van der Waals surface area contributed by atoms with Gasteiger partial charge in [-0.2, -0.15) is 0 Å². The summed E-state index contributed by atoms with van der Waals surface area (Å²) in [5, 5.41) is 10.9. The third-order valence-corrected chi connectivity index (χ3v) is 2.01. The third-order valence-electron chi connectivity index (χ3n) is 2.01. The van der Waals surface area contributed by atoms with Crippen molar-refractivity contribution >= 4 is 17.0 Å². The average Bonchev–Trinajstić information content (AvgIpc) is 2.58. The molecule has 0 saturated heterocycles. The van der Waals surface area contributed by atoms with Gasteiger partial charge in [0.2, 0.25) is 0 Å². The summed E-state index contributed by atoms with van der Waals surface area (Å²) < 4.78 is 0. The van der Waals surface area contributed by atoms with E-state index < -0.39 is 0 Å². The van der Waals surface area contributed by atoms with E-state index in [-0.39, 0.29) is 5.96 Å². The smallest absolute Gasteiger partial charge is 0.185 e. The molecule has 0 atom stereocenters. The van der Waals surface area contributed by atoms with Crippen molar-refractivity contribution in [2.24, 2.45) is 5.73 Å². The first kappa shape index (κ1) is 8.55. The quantitative estimate of drug-likeness (QED) is 0.410. The maximum atomic E-state index is 7.05. The molecule has 14 heavy (non-hydrogen) atoms. The molecule has 2 aromatic rings.